The Bertz CT molecular complexity index is 577. The molecule has 0 aromatic rings. The molecule has 0 aromatic carbocycles. The SMILES string of the molecule is CCc1cc2c(C)c(F)c(F)[nH]c-2nc1=S. The zero-order valence-electron chi connectivity index (χ0n) is 8.90. The molecule has 0 amide bonds. The summed E-state index contributed by atoms with van der Waals surface area (Å²) in [5.41, 5.74) is 1.69. The van der Waals surface area contributed by atoms with Crippen LogP contribution in [-0.4, -0.2) is 9.97 Å². The van der Waals surface area contributed by atoms with E-state index in [4.69, 9.17) is 12.2 Å². The number of halogens is 2. The molecule has 2 rings (SSSR count). The Kier molecular flexibility index (Phi) is 2.71. The summed E-state index contributed by atoms with van der Waals surface area (Å²) in [6, 6.07) is 1.76. The number of fused-ring (bicyclic) bond motifs is 1. The largest absolute Gasteiger partial charge is 0.314 e. The summed E-state index contributed by atoms with van der Waals surface area (Å²) in [6.45, 7) is 3.47. The molecule has 2 aliphatic rings. The van der Waals surface area contributed by atoms with Crippen LogP contribution in [0.15, 0.2) is 6.07 Å². The van der Waals surface area contributed by atoms with Gasteiger partial charge in [0, 0.05) is 11.1 Å². The highest BCUT2D eigenvalue weighted by atomic mass is 32.1. The van der Waals surface area contributed by atoms with Crippen LogP contribution in [-0.2, 0) is 6.42 Å². The monoisotopic (exact) mass is 240 g/mol. The lowest BCUT2D eigenvalue weighted by Gasteiger charge is -2.11. The van der Waals surface area contributed by atoms with Gasteiger partial charge in [-0.3, -0.25) is 0 Å². The molecule has 0 fully saturated rings. The van der Waals surface area contributed by atoms with Crippen LogP contribution in [0.3, 0.4) is 0 Å². The molecule has 1 N–H and O–H groups in total. The quantitative estimate of drug-likeness (QED) is 0.611. The predicted molar refractivity (Wildman–Crippen MR) is 60.1 cm³/mol. The molecule has 2 heterocycles. The van der Waals surface area contributed by atoms with Crippen LogP contribution >= 0.6 is 12.2 Å². The van der Waals surface area contributed by atoms with Gasteiger partial charge < -0.3 is 4.98 Å². The Morgan fingerprint density at radius 1 is 1.44 bits per heavy atom. The van der Waals surface area contributed by atoms with Crippen molar-refractivity contribution >= 4 is 12.2 Å². The third-order valence-corrected chi connectivity index (χ3v) is 2.95. The van der Waals surface area contributed by atoms with Crippen molar-refractivity contribution in [3.63, 3.8) is 0 Å². The van der Waals surface area contributed by atoms with E-state index in [0.29, 0.717) is 16.0 Å². The minimum Gasteiger partial charge on any atom is -0.314 e. The first-order valence-corrected chi connectivity index (χ1v) is 5.33. The van der Waals surface area contributed by atoms with E-state index in [2.05, 4.69) is 9.97 Å². The first-order chi connectivity index (χ1) is 7.54. The Labute approximate surface area is 96.7 Å². The number of aromatic nitrogens is 2. The minimum atomic E-state index is -1.00. The summed E-state index contributed by atoms with van der Waals surface area (Å²) in [5.74, 6) is -1.58. The third kappa shape index (κ3) is 1.61. The second kappa shape index (κ2) is 3.90. The lowest BCUT2D eigenvalue weighted by molar-refractivity contribution is 0.474. The molecule has 0 saturated heterocycles. The van der Waals surface area contributed by atoms with Gasteiger partial charge in [-0.1, -0.05) is 19.1 Å². The van der Waals surface area contributed by atoms with Crippen LogP contribution in [0.25, 0.3) is 11.4 Å². The molecule has 16 heavy (non-hydrogen) atoms. The zero-order chi connectivity index (χ0) is 11.9. The number of hydrogen-bond acceptors (Lipinski definition) is 2. The summed E-state index contributed by atoms with van der Waals surface area (Å²) >= 11 is 5.05. The van der Waals surface area contributed by atoms with E-state index in [9.17, 15) is 8.78 Å². The predicted octanol–water partition coefficient (Wildman–Crippen LogP) is 3.39. The fraction of sp³-hybridized carbons (Fsp3) is 0.273. The average Bonchev–Trinajstić information content (AvgIpc) is 2.26. The Morgan fingerprint density at radius 2 is 2.12 bits per heavy atom. The van der Waals surface area contributed by atoms with Gasteiger partial charge in [-0.05, 0) is 25.0 Å². The maximum atomic E-state index is 13.3. The number of nitrogens with zero attached hydrogens (tertiary/aromatic N) is 1. The van der Waals surface area contributed by atoms with Crippen molar-refractivity contribution in [3.8, 4) is 11.4 Å². The van der Waals surface area contributed by atoms with Crippen LogP contribution in [0.4, 0.5) is 8.78 Å². The van der Waals surface area contributed by atoms with Gasteiger partial charge >= 0.3 is 0 Å². The van der Waals surface area contributed by atoms with Crippen LogP contribution in [0, 0.1) is 23.3 Å². The number of aromatic amines is 1. The molecule has 0 aromatic heterocycles. The molecule has 0 aliphatic carbocycles. The van der Waals surface area contributed by atoms with Gasteiger partial charge in [0.1, 0.15) is 10.5 Å². The van der Waals surface area contributed by atoms with Crippen LogP contribution < -0.4 is 0 Å². The Morgan fingerprint density at radius 3 is 2.75 bits per heavy atom. The van der Waals surface area contributed by atoms with Crippen LogP contribution in [0.1, 0.15) is 18.1 Å². The molecular formula is C11H10F2N2S. The third-order valence-electron chi connectivity index (χ3n) is 2.60. The number of aryl methyl sites for hydroxylation is 1. The molecule has 0 atom stereocenters. The van der Waals surface area contributed by atoms with E-state index in [1.807, 2.05) is 6.92 Å². The molecule has 2 aliphatic heterocycles. The average molecular weight is 240 g/mol. The van der Waals surface area contributed by atoms with Crippen LogP contribution in [0.5, 0.6) is 0 Å². The van der Waals surface area contributed by atoms with E-state index in [0.717, 1.165) is 12.0 Å². The fourth-order valence-electron chi connectivity index (χ4n) is 1.61. The maximum Gasteiger partial charge on any atom is 0.229 e. The zero-order valence-corrected chi connectivity index (χ0v) is 9.71. The second-order valence-corrected chi connectivity index (χ2v) is 3.97. The number of nitrogens with one attached hydrogen (secondary N) is 1. The van der Waals surface area contributed by atoms with Crippen molar-refractivity contribution in [1.29, 1.82) is 0 Å². The summed E-state index contributed by atoms with van der Waals surface area (Å²) in [4.78, 5) is 6.33. The number of pyridine rings is 2. The lowest BCUT2D eigenvalue weighted by atomic mass is 10.0. The first kappa shape index (κ1) is 11.1. The van der Waals surface area contributed by atoms with Gasteiger partial charge in [0.15, 0.2) is 5.82 Å². The van der Waals surface area contributed by atoms with Gasteiger partial charge in [-0.25, -0.2) is 9.37 Å². The summed E-state index contributed by atoms with van der Waals surface area (Å²) in [5, 5.41) is 0. The van der Waals surface area contributed by atoms with Gasteiger partial charge in [-0.15, -0.1) is 0 Å². The van der Waals surface area contributed by atoms with Gasteiger partial charge in [0.25, 0.3) is 0 Å². The van der Waals surface area contributed by atoms with E-state index in [-0.39, 0.29) is 5.56 Å². The topological polar surface area (TPSA) is 28.7 Å². The maximum absolute atomic E-state index is 13.3. The van der Waals surface area contributed by atoms with E-state index in [1.54, 1.807) is 6.07 Å². The smallest absolute Gasteiger partial charge is 0.229 e. The van der Waals surface area contributed by atoms with Crippen molar-refractivity contribution in [1.82, 2.24) is 9.97 Å². The number of hydrogen-bond donors (Lipinski definition) is 1. The standard InChI is InChI=1S/C11H10F2N2S/c1-3-6-4-7-5(2)8(12)9(13)14-10(7)15-11(6)16/h4H,3H2,1-2H3,(H,14,15,16). The molecule has 0 unspecified atom stereocenters. The van der Waals surface area contributed by atoms with Crippen LogP contribution in [0.2, 0.25) is 0 Å². The van der Waals surface area contributed by atoms with Gasteiger partial charge in [0.2, 0.25) is 5.95 Å². The lowest BCUT2D eigenvalue weighted by Crippen LogP contribution is -2.04. The Balaban J connectivity index is 2.88. The Hall–Kier alpha value is -1.36. The highest BCUT2D eigenvalue weighted by Crippen LogP contribution is 2.26. The van der Waals surface area contributed by atoms with E-state index >= 15 is 0 Å². The van der Waals surface area contributed by atoms with Crippen molar-refractivity contribution in [2.75, 3.05) is 0 Å². The number of rotatable bonds is 1. The van der Waals surface area contributed by atoms with Gasteiger partial charge in [-0.2, -0.15) is 4.39 Å². The molecule has 84 valence electrons. The van der Waals surface area contributed by atoms with Crippen molar-refractivity contribution in [3.05, 3.63) is 33.6 Å². The molecule has 0 bridgehead atoms. The highest BCUT2D eigenvalue weighted by Gasteiger charge is 2.16. The fourth-order valence-corrected chi connectivity index (χ4v) is 1.91. The molecule has 5 heteroatoms. The number of H-pyrrole nitrogens is 1. The van der Waals surface area contributed by atoms with E-state index in [1.165, 1.54) is 6.92 Å². The highest BCUT2D eigenvalue weighted by molar-refractivity contribution is 7.71. The first-order valence-electron chi connectivity index (χ1n) is 4.92. The minimum absolute atomic E-state index is 0.253. The molecular weight excluding hydrogens is 230 g/mol. The molecule has 0 spiro atoms. The van der Waals surface area contributed by atoms with Crippen molar-refractivity contribution < 1.29 is 8.78 Å². The summed E-state index contributed by atoms with van der Waals surface area (Å²) < 4.78 is 26.9. The second-order valence-electron chi connectivity index (χ2n) is 3.58. The molecule has 2 nitrogen and oxygen atoms in total. The van der Waals surface area contributed by atoms with E-state index < -0.39 is 11.8 Å². The molecule has 0 radical (unpaired) electrons. The van der Waals surface area contributed by atoms with Crippen molar-refractivity contribution in [2.45, 2.75) is 20.3 Å². The molecule has 0 saturated carbocycles. The summed E-state index contributed by atoms with van der Waals surface area (Å²) in [7, 11) is 0. The summed E-state index contributed by atoms with van der Waals surface area (Å²) in [6.07, 6.45) is 0.722. The van der Waals surface area contributed by atoms with Gasteiger partial charge in [0.05, 0.1) is 0 Å². The normalized spacial score (nSPS) is 11.0. The van der Waals surface area contributed by atoms with Crippen molar-refractivity contribution in [2.24, 2.45) is 0 Å².